The molecule has 1 aromatic carbocycles. The van der Waals surface area contributed by atoms with Gasteiger partial charge in [-0.1, -0.05) is 39.3 Å². The van der Waals surface area contributed by atoms with Crippen molar-refractivity contribution in [3.05, 3.63) is 35.4 Å². The van der Waals surface area contributed by atoms with Gasteiger partial charge in [0.2, 0.25) is 0 Å². The van der Waals surface area contributed by atoms with E-state index in [1.54, 1.807) is 7.05 Å². The molecule has 134 valence electrons. The van der Waals surface area contributed by atoms with Crippen LogP contribution in [-0.2, 0) is 6.54 Å². The summed E-state index contributed by atoms with van der Waals surface area (Å²) >= 11 is 0. The number of unbranched alkanes of at least 4 members (excludes halogenated alkanes) is 1. The van der Waals surface area contributed by atoms with E-state index in [4.69, 9.17) is 0 Å². The summed E-state index contributed by atoms with van der Waals surface area (Å²) in [5.41, 5.74) is 1.82. The van der Waals surface area contributed by atoms with E-state index >= 15 is 0 Å². The van der Waals surface area contributed by atoms with Crippen molar-refractivity contribution in [3.63, 3.8) is 0 Å². The number of carbonyl (C=O) groups is 1. The highest BCUT2D eigenvalue weighted by Gasteiger charge is 2.05. The average Bonchev–Trinajstić information content (AvgIpc) is 2.58. The molecule has 0 radical (unpaired) electrons. The molecule has 1 amide bonds. The van der Waals surface area contributed by atoms with E-state index in [1.165, 1.54) is 0 Å². The minimum absolute atomic E-state index is 0.00544. The zero-order valence-electron chi connectivity index (χ0n) is 15.5. The van der Waals surface area contributed by atoms with Crippen molar-refractivity contribution >= 4 is 11.9 Å². The first-order chi connectivity index (χ1) is 11.6. The number of nitrogens with zero attached hydrogens (tertiary/aromatic N) is 1. The van der Waals surface area contributed by atoms with Crippen LogP contribution in [0.1, 0.15) is 56.0 Å². The Balaban J connectivity index is 2.41. The van der Waals surface area contributed by atoms with Crippen LogP contribution >= 0.6 is 0 Å². The molecular formula is C19H32N4O. The zero-order valence-corrected chi connectivity index (χ0v) is 15.5. The van der Waals surface area contributed by atoms with E-state index < -0.39 is 0 Å². The summed E-state index contributed by atoms with van der Waals surface area (Å²) < 4.78 is 0. The van der Waals surface area contributed by atoms with E-state index in [0.29, 0.717) is 18.0 Å². The maximum absolute atomic E-state index is 12.0. The molecule has 0 saturated carbocycles. The summed E-state index contributed by atoms with van der Waals surface area (Å²) in [7, 11) is 1.77. The van der Waals surface area contributed by atoms with Crippen LogP contribution in [0.15, 0.2) is 29.3 Å². The Morgan fingerprint density at radius 3 is 2.38 bits per heavy atom. The van der Waals surface area contributed by atoms with Crippen LogP contribution in [0.3, 0.4) is 0 Å². The maximum Gasteiger partial charge on any atom is 0.251 e. The first-order valence-electron chi connectivity index (χ1n) is 8.88. The SMILES string of the molecule is CCCCNC(=O)c1ccc(CNC(=NC)NCCC(C)C)cc1. The van der Waals surface area contributed by atoms with Gasteiger partial charge in [-0.05, 0) is 36.5 Å². The van der Waals surface area contributed by atoms with Crippen molar-refractivity contribution < 1.29 is 4.79 Å². The number of guanidine groups is 1. The van der Waals surface area contributed by atoms with Crippen molar-refractivity contribution in [2.24, 2.45) is 10.9 Å². The van der Waals surface area contributed by atoms with E-state index in [0.717, 1.165) is 43.9 Å². The van der Waals surface area contributed by atoms with Crippen LogP contribution in [-0.4, -0.2) is 32.0 Å². The molecule has 0 aromatic heterocycles. The van der Waals surface area contributed by atoms with Crippen LogP contribution in [0.2, 0.25) is 0 Å². The lowest BCUT2D eigenvalue weighted by molar-refractivity contribution is 0.0953. The van der Waals surface area contributed by atoms with Gasteiger partial charge < -0.3 is 16.0 Å². The standard InChI is InChI=1S/C19H32N4O/c1-5-6-12-21-18(24)17-9-7-16(8-10-17)14-23-19(20-4)22-13-11-15(2)3/h7-10,15H,5-6,11-14H2,1-4H3,(H,21,24)(H2,20,22,23). The Hall–Kier alpha value is -2.04. The summed E-state index contributed by atoms with van der Waals surface area (Å²) in [5, 5.41) is 9.52. The van der Waals surface area contributed by atoms with Gasteiger partial charge >= 0.3 is 0 Å². The zero-order chi connectivity index (χ0) is 17.8. The first kappa shape index (κ1) is 20.0. The quantitative estimate of drug-likeness (QED) is 0.370. The molecule has 0 saturated heterocycles. The van der Waals surface area contributed by atoms with Gasteiger partial charge in [0.1, 0.15) is 0 Å². The highest BCUT2D eigenvalue weighted by Crippen LogP contribution is 2.04. The highest BCUT2D eigenvalue weighted by atomic mass is 16.1. The van der Waals surface area contributed by atoms with E-state index in [1.807, 2.05) is 24.3 Å². The van der Waals surface area contributed by atoms with Gasteiger partial charge in [0.15, 0.2) is 5.96 Å². The molecule has 24 heavy (non-hydrogen) atoms. The van der Waals surface area contributed by atoms with Gasteiger partial charge in [0.25, 0.3) is 5.91 Å². The second-order valence-corrected chi connectivity index (χ2v) is 6.34. The van der Waals surface area contributed by atoms with Gasteiger partial charge in [0, 0.05) is 32.2 Å². The number of amides is 1. The molecule has 1 rings (SSSR count). The Bertz CT molecular complexity index is 509. The van der Waals surface area contributed by atoms with E-state index in [9.17, 15) is 4.79 Å². The number of hydrogen-bond donors (Lipinski definition) is 3. The fourth-order valence-corrected chi connectivity index (χ4v) is 2.14. The number of carbonyl (C=O) groups excluding carboxylic acids is 1. The largest absolute Gasteiger partial charge is 0.356 e. The van der Waals surface area contributed by atoms with Crippen LogP contribution in [0, 0.1) is 5.92 Å². The molecule has 5 nitrogen and oxygen atoms in total. The van der Waals surface area contributed by atoms with Crippen LogP contribution in [0.4, 0.5) is 0 Å². The van der Waals surface area contributed by atoms with Gasteiger partial charge in [-0.25, -0.2) is 0 Å². The molecule has 5 heteroatoms. The smallest absolute Gasteiger partial charge is 0.251 e. The molecule has 0 heterocycles. The fourth-order valence-electron chi connectivity index (χ4n) is 2.14. The van der Waals surface area contributed by atoms with Gasteiger partial charge in [-0.15, -0.1) is 0 Å². The Morgan fingerprint density at radius 1 is 1.08 bits per heavy atom. The van der Waals surface area contributed by atoms with Crippen LogP contribution in [0.5, 0.6) is 0 Å². The lowest BCUT2D eigenvalue weighted by Crippen LogP contribution is -2.37. The summed E-state index contributed by atoms with van der Waals surface area (Å²) in [6, 6.07) is 7.69. The predicted octanol–water partition coefficient (Wildman–Crippen LogP) is 2.93. The predicted molar refractivity (Wildman–Crippen MR) is 101 cm³/mol. The average molecular weight is 332 g/mol. The monoisotopic (exact) mass is 332 g/mol. The Morgan fingerprint density at radius 2 is 1.79 bits per heavy atom. The molecule has 0 unspecified atom stereocenters. The molecule has 3 N–H and O–H groups in total. The van der Waals surface area contributed by atoms with Crippen LogP contribution < -0.4 is 16.0 Å². The Labute approximate surface area is 146 Å². The van der Waals surface area contributed by atoms with E-state index in [2.05, 4.69) is 41.7 Å². The minimum atomic E-state index is -0.00544. The van der Waals surface area contributed by atoms with Crippen LogP contribution in [0.25, 0.3) is 0 Å². The van der Waals surface area contributed by atoms with Crippen molar-refractivity contribution in [1.29, 1.82) is 0 Å². The second kappa shape index (κ2) is 11.5. The topological polar surface area (TPSA) is 65.5 Å². The van der Waals surface area contributed by atoms with Gasteiger partial charge in [-0.3, -0.25) is 9.79 Å². The number of hydrogen-bond acceptors (Lipinski definition) is 2. The van der Waals surface area contributed by atoms with Crippen molar-refractivity contribution in [3.8, 4) is 0 Å². The summed E-state index contributed by atoms with van der Waals surface area (Å²) in [6.07, 6.45) is 3.20. The van der Waals surface area contributed by atoms with Crippen molar-refractivity contribution in [2.45, 2.75) is 46.6 Å². The third-order valence-corrected chi connectivity index (χ3v) is 3.73. The first-order valence-corrected chi connectivity index (χ1v) is 8.88. The summed E-state index contributed by atoms with van der Waals surface area (Å²) in [6.45, 7) is 8.85. The molecule has 0 fully saturated rings. The second-order valence-electron chi connectivity index (χ2n) is 6.34. The van der Waals surface area contributed by atoms with Gasteiger partial charge in [-0.2, -0.15) is 0 Å². The molecule has 0 atom stereocenters. The Kier molecular flexibility index (Phi) is 9.58. The maximum atomic E-state index is 12.0. The molecule has 0 aliphatic heterocycles. The normalized spacial score (nSPS) is 11.5. The molecular weight excluding hydrogens is 300 g/mol. The molecule has 0 bridgehead atoms. The van der Waals surface area contributed by atoms with Crippen molar-refractivity contribution in [2.75, 3.05) is 20.1 Å². The third kappa shape index (κ3) is 7.99. The number of rotatable bonds is 9. The highest BCUT2D eigenvalue weighted by molar-refractivity contribution is 5.94. The third-order valence-electron chi connectivity index (χ3n) is 3.73. The number of aliphatic imine (C=N–C) groups is 1. The van der Waals surface area contributed by atoms with Crippen molar-refractivity contribution in [1.82, 2.24) is 16.0 Å². The summed E-state index contributed by atoms with van der Waals surface area (Å²) in [4.78, 5) is 16.2. The number of nitrogens with one attached hydrogen (secondary N) is 3. The fraction of sp³-hybridized carbons (Fsp3) is 0.579. The lowest BCUT2D eigenvalue weighted by atomic mass is 10.1. The molecule has 0 aliphatic rings. The van der Waals surface area contributed by atoms with E-state index in [-0.39, 0.29) is 5.91 Å². The number of benzene rings is 1. The van der Waals surface area contributed by atoms with Gasteiger partial charge in [0.05, 0.1) is 0 Å². The summed E-state index contributed by atoms with van der Waals surface area (Å²) in [5.74, 6) is 1.47. The molecule has 1 aromatic rings. The molecule has 0 spiro atoms. The molecule has 0 aliphatic carbocycles. The minimum Gasteiger partial charge on any atom is -0.356 e. The lowest BCUT2D eigenvalue weighted by Gasteiger charge is -2.13.